The van der Waals surface area contributed by atoms with Crippen molar-refractivity contribution in [3.63, 3.8) is 0 Å². The van der Waals surface area contributed by atoms with Crippen LogP contribution in [-0.2, 0) is 6.42 Å². The minimum atomic E-state index is -0.313. The normalized spacial score (nSPS) is 17.7. The lowest BCUT2D eigenvalue weighted by atomic mass is 10.0. The maximum atomic E-state index is 12.9. The lowest BCUT2D eigenvalue weighted by Gasteiger charge is -2.09. The summed E-state index contributed by atoms with van der Waals surface area (Å²) in [5, 5.41) is 9.75. The first-order valence-electron chi connectivity index (χ1n) is 5.66. The molecule has 1 fully saturated rings. The quantitative estimate of drug-likeness (QED) is 0.788. The summed E-state index contributed by atoms with van der Waals surface area (Å²) < 4.78 is 12.9. The maximum Gasteiger partial charge on any atom is 0.123 e. The molecule has 82 valence electrons. The molecule has 1 aromatic rings. The van der Waals surface area contributed by atoms with E-state index < -0.39 is 0 Å². The minimum Gasteiger partial charge on any atom is -0.393 e. The Morgan fingerprint density at radius 3 is 2.87 bits per heavy atom. The predicted molar refractivity (Wildman–Crippen MR) is 58.1 cm³/mol. The second kappa shape index (κ2) is 4.75. The number of aliphatic hydroxyl groups is 1. The third kappa shape index (κ3) is 3.63. The van der Waals surface area contributed by atoms with Crippen molar-refractivity contribution in [3.05, 3.63) is 35.6 Å². The van der Waals surface area contributed by atoms with Gasteiger partial charge in [-0.05, 0) is 42.9 Å². The van der Waals surface area contributed by atoms with Gasteiger partial charge in [-0.1, -0.05) is 25.0 Å². The third-order valence-electron chi connectivity index (χ3n) is 2.97. The summed E-state index contributed by atoms with van der Waals surface area (Å²) in [6.07, 6.45) is 4.88. The van der Waals surface area contributed by atoms with Gasteiger partial charge >= 0.3 is 0 Å². The second-order valence-electron chi connectivity index (χ2n) is 4.51. The van der Waals surface area contributed by atoms with Gasteiger partial charge in [0.15, 0.2) is 0 Å². The van der Waals surface area contributed by atoms with Gasteiger partial charge in [0.25, 0.3) is 0 Å². The number of hydrogen-bond acceptors (Lipinski definition) is 1. The topological polar surface area (TPSA) is 20.2 Å². The molecule has 0 radical (unpaired) electrons. The van der Waals surface area contributed by atoms with E-state index in [2.05, 4.69) is 0 Å². The summed E-state index contributed by atoms with van der Waals surface area (Å²) in [5.74, 6) is 0.633. The van der Waals surface area contributed by atoms with Crippen molar-refractivity contribution in [2.45, 2.75) is 38.2 Å². The fraction of sp³-hybridized carbons (Fsp3) is 0.538. The fourth-order valence-electron chi connectivity index (χ4n) is 1.87. The van der Waals surface area contributed by atoms with Gasteiger partial charge in [0.1, 0.15) is 5.82 Å². The molecule has 1 unspecified atom stereocenters. The Morgan fingerprint density at radius 1 is 1.40 bits per heavy atom. The molecule has 2 rings (SSSR count). The summed E-state index contributed by atoms with van der Waals surface area (Å²) in [4.78, 5) is 0. The number of halogens is 1. The first-order valence-corrected chi connectivity index (χ1v) is 5.66. The number of rotatable bonds is 5. The molecule has 1 N–H and O–H groups in total. The Morgan fingerprint density at radius 2 is 2.20 bits per heavy atom. The van der Waals surface area contributed by atoms with E-state index in [0.717, 1.165) is 24.3 Å². The molecule has 0 spiro atoms. The van der Waals surface area contributed by atoms with Gasteiger partial charge in [-0.25, -0.2) is 4.39 Å². The monoisotopic (exact) mass is 208 g/mol. The van der Waals surface area contributed by atoms with E-state index in [9.17, 15) is 9.50 Å². The average Bonchev–Trinajstić information content (AvgIpc) is 2.98. The number of benzene rings is 1. The highest BCUT2D eigenvalue weighted by Gasteiger charge is 2.21. The third-order valence-corrected chi connectivity index (χ3v) is 2.97. The molecular weight excluding hydrogens is 191 g/mol. The molecule has 0 amide bonds. The van der Waals surface area contributed by atoms with E-state index >= 15 is 0 Å². The SMILES string of the molecule is OC(CCC1CC1)Cc1cccc(F)c1. The van der Waals surface area contributed by atoms with Crippen LogP contribution in [0.1, 0.15) is 31.2 Å². The molecule has 0 bridgehead atoms. The lowest BCUT2D eigenvalue weighted by molar-refractivity contribution is 0.160. The van der Waals surface area contributed by atoms with Crippen LogP contribution in [0.25, 0.3) is 0 Å². The minimum absolute atomic E-state index is 0.220. The van der Waals surface area contributed by atoms with Crippen LogP contribution in [0, 0.1) is 11.7 Å². The molecule has 1 nitrogen and oxygen atoms in total. The van der Waals surface area contributed by atoms with Gasteiger partial charge in [0.2, 0.25) is 0 Å². The van der Waals surface area contributed by atoms with Crippen LogP contribution in [0.2, 0.25) is 0 Å². The zero-order chi connectivity index (χ0) is 10.7. The van der Waals surface area contributed by atoms with Crippen molar-refractivity contribution < 1.29 is 9.50 Å². The van der Waals surface area contributed by atoms with Crippen molar-refractivity contribution >= 4 is 0 Å². The van der Waals surface area contributed by atoms with Gasteiger partial charge in [-0.2, -0.15) is 0 Å². The summed E-state index contributed by atoms with van der Waals surface area (Å²) >= 11 is 0. The highest BCUT2D eigenvalue weighted by atomic mass is 19.1. The van der Waals surface area contributed by atoms with E-state index in [1.807, 2.05) is 6.07 Å². The second-order valence-corrected chi connectivity index (χ2v) is 4.51. The van der Waals surface area contributed by atoms with Crippen LogP contribution in [0.5, 0.6) is 0 Å². The average molecular weight is 208 g/mol. The van der Waals surface area contributed by atoms with Crippen LogP contribution >= 0.6 is 0 Å². The van der Waals surface area contributed by atoms with E-state index in [-0.39, 0.29) is 11.9 Å². The molecule has 0 aliphatic heterocycles. The van der Waals surface area contributed by atoms with E-state index in [0.29, 0.717) is 6.42 Å². The molecule has 0 saturated heterocycles. The highest BCUT2D eigenvalue weighted by molar-refractivity contribution is 5.16. The first kappa shape index (κ1) is 10.6. The highest BCUT2D eigenvalue weighted by Crippen LogP contribution is 2.34. The van der Waals surface area contributed by atoms with Crippen molar-refractivity contribution in [1.29, 1.82) is 0 Å². The first-order chi connectivity index (χ1) is 7.24. The largest absolute Gasteiger partial charge is 0.393 e. The van der Waals surface area contributed by atoms with E-state index in [1.165, 1.54) is 25.0 Å². The molecule has 1 atom stereocenters. The van der Waals surface area contributed by atoms with Crippen LogP contribution in [0.3, 0.4) is 0 Å². The van der Waals surface area contributed by atoms with Gasteiger partial charge in [-0.15, -0.1) is 0 Å². The summed E-state index contributed by atoms with van der Waals surface area (Å²) in [5.41, 5.74) is 0.887. The summed E-state index contributed by atoms with van der Waals surface area (Å²) in [6.45, 7) is 0. The van der Waals surface area contributed by atoms with Crippen molar-refractivity contribution in [3.8, 4) is 0 Å². The molecule has 15 heavy (non-hydrogen) atoms. The molecule has 1 aliphatic carbocycles. The van der Waals surface area contributed by atoms with Crippen LogP contribution in [0.4, 0.5) is 4.39 Å². The van der Waals surface area contributed by atoms with Gasteiger partial charge in [0.05, 0.1) is 6.10 Å². The van der Waals surface area contributed by atoms with Crippen LogP contribution < -0.4 is 0 Å². The summed E-state index contributed by atoms with van der Waals surface area (Å²) in [6, 6.07) is 6.49. The predicted octanol–water partition coefficient (Wildman–Crippen LogP) is 2.92. The lowest BCUT2D eigenvalue weighted by Crippen LogP contribution is -2.10. The molecule has 1 aliphatic rings. The Hall–Kier alpha value is -0.890. The van der Waals surface area contributed by atoms with Crippen LogP contribution in [0.15, 0.2) is 24.3 Å². The Labute approximate surface area is 89.9 Å². The Balaban J connectivity index is 1.79. The van der Waals surface area contributed by atoms with Crippen LogP contribution in [-0.4, -0.2) is 11.2 Å². The van der Waals surface area contributed by atoms with Gasteiger partial charge in [0, 0.05) is 0 Å². The maximum absolute atomic E-state index is 12.9. The molecule has 1 saturated carbocycles. The van der Waals surface area contributed by atoms with E-state index in [4.69, 9.17) is 0 Å². The van der Waals surface area contributed by atoms with E-state index in [1.54, 1.807) is 6.07 Å². The fourth-order valence-corrected chi connectivity index (χ4v) is 1.87. The van der Waals surface area contributed by atoms with Gasteiger partial charge in [-0.3, -0.25) is 0 Å². The number of aliphatic hydroxyl groups excluding tert-OH is 1. The zero-order valence-corrected chi connectivity index (χ0v) is 8.82. The van der Waals surface area contributed by atoms with Crippen molar-refractivity contribution in [2.75, 3.05) is 0 Å². The smallest absolute Gasteiger partial charge is 0.123 e. The molecule has 0 aromatic heterocycles. The van der Waals surface area contributed by atoms with Gasteiger partial charge < -0.3 is 5.11 Å². The van der Waals surface area contributed by atoms with Crippen molar-refractivity contribution in [2.24, 2.45) is 5.92 Å². The molecule has 1 aromatic carbocycles. The zero-order valence-electron chi connectivity index (χ0n) is 8.82. The molecular formula is C13H17FO. The number of hydrogen-bond donors (Lipinski definition) is 1. The Bertz CT molecular complexity index is 320. The van der Waals surface area contributed by atoms with Crippen molar-refractivity contribution in [1.82, 2.24) is 0 Å². The molecule has 0 heterocycles. The summed E-state index contributed by atoms with van der Waals surface area (Å²) in [7, 11) is 0. The molecule has 2 heteroatoms. The Kier molecular flexibility index (Phi) is 3.37. The standard InChI is InChI=1S/C13H17FO/c14-12-3-1-2-11(8-12)9-13(15)7-6-10-4-5-10/h1-3,8,10,13,15H,4-7,9H2.